The quantitative estimate of drug-likeness (QED) is 0.818. The van der Waals surface area contributed by atoms with Crippen LogP contribution in [0.4, 0.5) is 0 Å². The number of hydrogen-bond donors (Lipinski definition) is 1. The zero-order valence-corrected chi connectivity index (χ0v) is 8.65. The first-order chi connectivity index (χ1) is 7.31. The van der Waals surface area contributed by atoms with Gasteiger partial charge in [-0.05, 0) is 18.1 Å². The molecule has 1 aromatic rings. The van der Waals surface area contributed by atoms with Gasteiger partial charge in [-0.25, -0.2) is 0 Å². The van der Waals surface area contributed by atoms with Gasteiger partial charge in [-0.15, -0.1) is 0 Å². The highest BCUT2D eigenvalue weighted by molar-refractivity contribution is 5.57. The number of allylic oxidation sites excluding steroid dienone is 1. The lowest BCUT2D eigenvalue weighted by molar-refractivity contribution is -0.0724. The molecule has 0 spiro atoms. The summed E-state index contributed by atoms with van der Waals surface area (Å²) in [5, 5.41) is 9.75. The van der Waals surface area contributed by atoms with Crippen molar-refractivity contribution >= 4 is 6.08 Å². The van der Waals surface area contributed by atoms with Crippen LogP contribution in [-0.2, 0) is 4.74 Å². The minimum absolute atomic E-state index is 0.814. The van der Waals surface area contributed by atoms with Gasteiger partial charge in [0, 0.05) is 12.0 Å². The number of unbranched alkanes of at least 4 members (excludes halogenated alkanes) is 1. The van der Waals surface area contributed by atoms with Crippen LogP contribution in [0.25, 0.3) is 6.08 Å². The molecule has 1 aliphatic rings. The van der Waals surface area contributed by atoms with E-state index in [-0.39, 0.29) is 0 Å². The zero-order valence-electron chi connectivity index (χ0n) is 8.65. The molecule has 2 nitrogen and oxygen atoms in total. The normalized spacial score (nSPS) is 19.1. The molecule has 0 aromatic heterocycles. The fourth-order valence-electron chi connectivity index (χ4n) is 1.71. The third kappa shape index (κ3) is 2.21. The summed E-state index contributed by atoms with van der Waals surface area (Å²) in [4.78, 5) is 0. The van der Waals surface area contributed by atoms with E-state index >= 15 is 0 Å². The molecule has 0 saturated carbocycles. The molecular weight excluding hydrogens is 188 g/mol. The molecule has 15 heavy (non-hydrogen) atoms. The lowest BCUT2D eigenvalue weighted by atomic mass is 10.0. The van der Waals surface area contributed by atoms with Crippen molar-refractivity contribution in [2.45, 2.75) is 25.6 Å². The fraction of sp³-hybridized carbons (Fsp3) is 0.308. The standard InChI is InChI=1S/C13H15O2/c1-2-3-7-11-9-10-6-4-5-8-12(10)13(14)15-11/h4-6,8-9,13-14H,1-3,7H2. The van der Waals surface area contributed by atoms with Crippen molar-refractivity contribution in [2.75, 3.05) is 0 Å². The van der Waals surface area contributed by atoms with Crippen LogP contribution < -0.4 is 0 Å². The van der Waals surface area contributed by atoms with Crippen molar-refractivity contribution in [2.24, 2.45) is 0 Å². The molecule has 2 rings (SSSR count). The summed E-state index contributed by atoms with van der Waals surface area (Å²) in [5.74, 6) is 0.852. The van der Waals surface area contributed by atoms with Gasteiger partial charge in [0.1, 0.15) is 5.76 Å². The molecule has 1 atom stereocenters. The maximum absolute atomic E-state index is 9.75. The summed E-state index contributed by atoms with van der Waals surface area (Å²) in [6.07, 6.45) is 3.90. The number of rotatable bonds is 3. The number of aliphatic hydroxyl groups excluding tert-OH is 1. The topological polar surface area (TPSA) is 29.5 Å². The van der Waals surface area contributed by atoms with Crippen LogP contribution in [0.5, 0.6) is 0 Å². The van der Waals surface area contributed by atoms with Crippen molar-refractivity contribution in [3.05, 3.63) is 48.1 Å². The fourth-order valence-corrected chi connectivity index (χ4v) is 1.71. The van der Waals surface area contributed by atoms with E-state index in [0.29, 0.717) is 0 Å². The Balaban J connectivity index is 2.22. The molecular formula is C13H15O2. The Labute approximate surface area is 90.2 Å². The largest absolute Gasteiger partial charge is 0.465 e. The average molecular weight is 203 g/mol. The van der Waals surface area contributed by atoms with Gasteiger partial charge in [0.05, 0.1) is 0 Å². The second-order valence-corrected chi connectivity index (χ2v) is 3.67. The maximum Gasteiger partial charge on any atom is 0.224 e. The number of hydrogen-bond acceptors (Lipinski definition) is 2. The van der Waals surface area contributed by atoms with Crippen LogP contribution in [0.2, 0.25) is 0 Å². The zero-order chi connectivity index (χ0) is 10.7. The lowest BCUT2D eigenvalue weighted by Crippen LogP contribution is -2.09. The predicted molar refractivity (Wildman–Crippen MR) is 59.7 cm³/mol. The van der Waals surface area contributed by atoms with Crippen molar-refractivity contribution in [3.63, 3.8) is 0 Å². The molecule has 79 valence electrons. The SMILES string of the molecule is [CH2]CCCC1=Cc2ccccc2C(O)O1. The first-order valence-corrected chi connectivity index (χ1v) is 5.24. The number of benzene rings is 1. The average Bonchev–Trinajstić information content (AvgIpc) is 2.26. The molecule has 0 fully saturated rings. The number of aliphatic hydroxyl groups is 1. The molecule has 2 heteroatoms. The van der Waals surface area contributed by atoms with Crippen LogP contribution in [0.1, 0.15) is 36.7 Å². The van der Waals surface area contributed by atoms with Gasteiger partial charge in [0.25, 0.3) is 0 Å². The second-order valence-electron chi connectivity index (χ2n) is 3.67. The lowest BCUT2D eigenvalue weighted by Gasteiger charge is -2.23. The van der Waals surface area contributed by atoms with E-state index in [1.54, 1.807) is 0 Å². The third-order valence-corrected chi connectivity index (χ3v) is 2.51. The summed E-state index contributed by atoms with van der Waals surface area (Å²) < 4.78 is 5.40. The monoisotopic (exact) mass is 203 g/mol. The maximum atomic E-state index is 9.75. The van der Waals surface area contributed by atoms with Gasteiger partial charge in [-0.2, -0.15) is 0 Å². The highest BCUT2D eigenvalue weighted by Crippen LogP contribution is 2.30. The first kappa shape index (κ1) is 10.2. The van der Waals surface area contributed by atoms with Crippen molar-refractivity contribution in [1.29, 1.82) is 0 Å². The Kier molecular flexibility index (Phi) is 3.07. The van der Waals surface area contributed by atoms with Gasteiger partial charge >= 0.3 is 0 Å². The summed E-state index contributed by atoms with van der Waals surface area (Å²) in [6.45, 7) is 3.79. The number of ether oxygens (including phenoxy) is 1. The smallest absolute Gasteiger partial charge is 0.224 e. The van der Waals surface area contributed by atoms with Crippen LogP contribution >= 0.6 is 0 Å². The highest BCUT2D eigenvalue weighted by Gasteiger charge is 2.18. The molecule has 1 unspecified atom stereocenters. The summed E-state index contributed by atoms with van der Waals surface area (Å²) >= 11 is 0. The molecule has 1 aliphatic heterocycles. The van der Waals surface area contributed by atoms with Gasteiger partial charge in [-0.1, -0.05) is 37.6 Å². The van der Waals surface area contributed by atoms with E-state index < -0.39 is 6.29 Å². The Morgan fingerprint density at radius 2 is 2.13 bits per heavy atom. The highest BCUT2D eigenvalue weighted by atomic mass is 16.6. The van der Waals surface area contributed by atoms with Gasteiger partial charge in [0.2, 0.25) is 6.29 Å². The van der Waals surface area contributed by atoms with Gasteiger partial charge in [-0.3, -0.25) is 0 Å². The summed E-state index contributed by atoms with van der Waals surface area (Å²) in [7, 11) is 0. The van der Waals surface area contributed by atoms with Crippen LogP contribution in [-0.4, -0.2) is 5.11 Å². The molecule has 0 aliphatic carbocycles. The van der Waals surface area contributed by atoms with Crippen molar-refractivity contribution in [3.8, 4) is 0 Å². The van der Waals surface area contributed by atoms with Crippen LogP contribution in [0.15, 0.2) is 30.0 Å². The molecule has 0 amide bonds. The van der Waals surface area contributed by atoms with E-state index in [4.69, 9.17) is 4.74 Å². The van der Waals surface area contributed by atoms with Gasteiger partial charge in [0.15, 0.2) is 0 Å². The Morgan fingerprint density at radius 1 is 1.33 bits per heavy atom. The molecule has 1 N–H and O–H groups in total. The Hall–Kier alpha value is -1.28. The third-order valence-electron chi connectivity index (χ3n) is 2.51. The van der Waals surface area contributed by atoms with Crippen LogP contribution in [0.3, 0.4) is 0 Å². The Morgan fingerprint density at radius 3 is 2.93 bits per heavy atom. The van der Waals surface area contributed by atoms with E-state index in [9.17, 15) is 5.11 Å². The molecule has 0 saturated heterocycles. The molecule has 1 heterocycles. The number of fused-ring (bicyclic) bond motifs is 1. The first-order valence-electron chi connectivity index (χ1n) is 5.24. The van der Waals surface area contributed by atoms with Gasteiger partial charge < -0.3 is 9.84 Å². The minimum Gasteiger partial charge on any atom is -0.465 e. The predicted octanol–water partition coefficient (Wildman–Crippen LogP) is 3.05. The summed E-state index contributed by atoms with van der Waals surface area (Å²) in [6, 6.07) is 7.74. The Bertz CT molecular complexity index is 369. The van der Waals surface area contributed by atoms with Crippen LogP contribution in [0, 0.1) is 6.92 Å². The molecule has 1 radical (unpaired) electrons. The molecule has 0 bridgehead atoms. The summed E-state index contributed by atoms with van der Waals surface area (Å²) in [5.41, 5.74) is 1.89. The van der Waals surface area contributed by atoms with Crippen molar-refractivity contribution in [1.82, 2.24) is 0 Å². The van der Waals surface area contributed by atoms with Crippen molar-refractivity contribution < 1.29 is 9.84 Å². The second kappa shape index (κ2) is 4.49. The minimum atomic E-state index is -0.814. The van der Waals surface area contributed by atoms with E-state index in [1.165, 1.54) is 0 Å². The van der Waals surface area contributed by atoms with E-state index in [1.807, 2.05) is 30.3 Å². The van der Waals surface area contributed by atoms with E-state index in [0.717, 1.165) is 36.1 Å². The molecule has 1 aromatic carbocycles. The van der Waals surface area contributed by atoms with E-state index in [2.05, 4.69) is 6.92 Å².